The highest BCUT2D eigenvalue weighted by Gasteiger charge is 2.54. The number of halogens is 5. The maximum Gasteiger partial charge on any atom is 0.311 e. The number of aliphatic hydroxyl groups excluding tert-OH is 2. The number of hydrogen-bond donors (Lipinski definition) is 3. The van der Waals surface area contributed by atoms with Crippen molar-refractivity contribution in [3.05, 3.63) is 59.0 Å². The summed E-state index contributed by atoms with van der Waals surface area (Å²) in [5.41, 5.74) is 0.931. The van der Waals surface area contributed by atoms with E-state index in [-0.39, 0.29) is 42.2 Å². The number of alkyl halides is 1. The van der Waals surface area contributed by atoms with Gasteiger partial charge in [-0.05, 0) is 78.3 Å². The summed E-state index contributed by atoms with van der Waals surface area (Å²) in [6.07, 6.45) is 2.43. The van der Waals surface area contributed by atoms with Gasteiger partial charge in [0.15, 0.2) is 17.6 Å². The molecule has 1 aromatic rings. The second-order valence-corrected chi connectivity index (χ2v) is 13.6. The molecule has 0 saturated heterocycles. The molecule has 0 aromatic heterocycles. The summed E-state index contributed by atoms with van der Waals surface area (Å²) in [5, 5.41) is 26.6. The number of ether oxygens (including phenoxy) is 3. The van der Waals surface area contributed by atoms with E-state index < -0.39 is 23.2 Å². The lowest BCUT2D eigenvalue weighted by atomic mass is 10.0. The highest BCUT2D eigenvalue weighted by atomic mass is 79.9. The number of rotatable bonds is 11. The van der Waals surface area contributed by atoms with Gasteiger partial charge in [-0.25, -0.2) is 0 Å². The molecule has 4 rings (SSSR count). The lowest BCUT2D eigenvalue weighted by molar-refractivity contribution is -0.225. The predicted octanol–water partition coefficient (Wildman–Crippen LogP) is 5.46. The fraction of sp³-hybridized carbons (Fsp3) is 0.407. The van der Waals surface area contributed by atoms with E-state index in [9.17, 15) is 19.8 Å². The maximum absolute atomic E-state index is 12.7. The first-order valence-electron chi connectivity index (χ1n) is 12.9. The van der Waals surface area contributed by atoms with Crippen LogP contribution in [0.2, 0.25) is 0 Å². The molecule has 3 aliphatic rings. The van der Waals surface area contributed by atoms with Gasteiger partial charge in [-0.1, -0.05) is 21.1 Å². The van der Waals surface area contributed by atoms with E-state index >= 15 is 0 Å². The molecule has 0 fully saturated rings. The number of oxime groups is 1. The van der Waals surface area contributed by atoms with E-state index in [0.29, 0.717) is 46.5 Å². The average Bonchev–Trinajstić information content (AvgIpc) is 3.35. The number of nitrogens with one attached hydrogen (secondary N) is 1. The van der Waals surface area contributed by atoms with Gasteiger partial charge in [0.25, 0.3) is 5.91 Å². The number of carbonyl (C=O) groups excluding carboxylic acids is 2. The van der Waals surface area contributed by atoms with E-state index in [1.54, 1.807) is 0 Å². The molecule has 3 unspecified atom stereocenters. The number of hydrogen-bond acceptors (Lipinski definition) is 10. The van der Waals surface area contributed by atoms with Gasteiger partial charge in [0.2, 0.25) is 0 Å². The molecule has 232 valence electrons. The number of nitrogens with zero attached hydrogens (tertiary/aromatic N) is 2. The number of amides is 1. The molecule has 2 aliphatic heterocycles. The minimum Gasteiger partial charge on any atom is -0.510 e. The highest BCUT2D eigenvalue weighted by molar-refractivity contribution is 9.12. The minimum absolute atomic E-state index is 0.0472. The molecule has 1 spiro atoms. The van der Waals surface area contributed by atoms with E-state index in [0.717, 1.165) is 14.5 Å². The molecular weight excluding hydrogens is 849 g/mol. The average molecular weight is 876 g/mol. The summed E-state index contributed by atoms with van der Waals surface area (Å²) >= 11 is 19.7. The largest absolute Gasteiger partial charge is 0.510 e. The molecule has 16 heteroatoms. The highest BCUT2D eigenvalue weighted by Crippen LogP contribution is 2.41. The fourth-order valence-corrected chi connectivity index (χ4v) is 7.59. The summed E-state index contributed by atoms with van der Waals surface area (Å²) in [6.45, 7) is 0.959. The number of Topliss-reactive ketones (excluding diaryl/α,β-unsaturated/α-hetero) is 1. The van der Waals surface area contributed by atoms with Crippen LogP contribution in [0.1, 0.15) is 24.8 Å². The summed E-state index contributed by atoms with van der Waals surface area (Å²) < 4.78 is 19.4. The molecular formula is C27H26Br4ClN3O8. The van der Waals surface area contributed by atoms with Gasteiger partial charge in [-0.2, -0.15) is 0 Å². The van der Waals surface area contributed by atoms with E-state index in [4.69, 9.17) is 30.6 Å². The van der Waals surface area contributed by atoms with Gasteiger partial charge in [0.1, 0.15) is 23.5 Å². The van der Waals surface area contributed by atoms with Crippen molar-refractivity contribution in [2.45, 2.75) is 43.0 Å². The van der Waals surface area contributed by atoms with Crippen LogP contribution < -0.4 is 10.1 Å². The van der Waals surface area contributed by atoms with Gasteiger partial charge in [-0.15, -0.1) is 11.6 Å². The summed E-state index contributed by atoms with van der Waals surface area (Å²) in [6, 6.07) is 3.82. The van der Waals surface area contributed by atoms with Crippen molar-refractivity contribution in [1.82, 2.24) is 5.32 Å². The second kappa shape index (κ2) is 14.9. The molecule has 0 bridgehead atoms. The van der Waals surface area contributed by atoms with Crippen LogP contribution in [0.3, 0.4) is 0 Å². The first kappa shape index (κ1) is 34.0. The lowest BCUT2D eigenvalue weighted by Crippen LogP contribution is -2.49. The quantitative estimate of drug-likeness (QED) is 0.151. The third-order valence-electron chi connectivity index (χ3n) is 6.54. The van der Waals surface area contributed by atoms with Crippen LogP contribution in [-0.2, 0) is 30.3 Å². The smallest absolute Gasteiger partial charge is 0.311 e. The first-order valence-corrected chi connectivity index (χ1v) is 16.5. The van der Waals surface area contributed by atoms with Crippen molar-refractivity contribution in [1.29, 1.82) is 0 Å². The standard InChI is InChI=1S/C27H26Br4ClN3O8/c1-40-23-17(30)10-27(42-12-18(23)31)25(38)21(35-43-27)26(39)34-4-2-6-41-24-15(28)7-13(8-16(24)29)3-5-33-11-14-20(36)9-19(32)22(14)37/h7-8,11-12,19,25,37-38H,2-6,9-10H2,1H3,(H,34,39). The van der Waals surface area contributed by atoms with Crippen molar-refractivity contribution in [3.63, 3.8) is 0 Å². The van der Waals surface area contributed by atoms with Crippen LogP contribution in [-0.4, -0.2) is 77.9 Å². The monoisotopic (exact) mass is 871 g/mol. The van der Waals surface area contributed by atoms with Crippen LogP contribution in [0.25, 0.3) is 0 Å². The maximum atomic E-state index is 12.7. The van der Waals surface area contributed by atoms with Gasteiger partial charge in [-0.3, -0.25) is 14.6 Å². The number of methoxy groups -OCH3 is 1. The van der Waals surface area contributed by atoms with Crippen molar-refractivity contribution in [3.8, 4) is 5.75 Å². The van der Waals surface area contributed by atoms with Gasteiger partial charge in [0, 0.05) is 30.2 Å². The normalized spacial score (nSPS) is 23.7. The minimum atomic E-state index is -1.62. The predicted molar refractivity (Wildman–Crippen MR) is 174 cm³/mol. The van der Waals surface area contributed by atoms with Crippen molar-refractivity contribution in [2.75, 3.05) is 26.8 Å². The Labute approximate surface area is 285 Å². The van der Waals surface area contributed by atoms with Gasteiger partial charge >= 0.3 is 5.79 Å². The third kappa shape index (κ3) is 7.85. The van der Waals surface area contributed by atoms with E-state index in [1.165, 1.54) is 19.6 Å². The van der Waals surface area contributed by atoms with Crippen LogP contribution in [0.15, 0.2) is 63.5 Å². The zero-order valence-corrected chi connectivity index (χ0v) is 29.6. The number of allylic oxidation sites excluding steroid dienone is 3. The van der Waals surface area contributed by atoms with Crippen molar-refractivity contribution in [2.24, 2.45) is 10.1 Å². The Bertz CT molecular complexity index is 1420. The van der Waals surface area contributed by atoms with E-state index in [1.807, 2.05) is 12.1 Å². The summed E-state index contributed by atoms with van der Waals surface area (Å²) in [5.74, 6) is -1.49. The summed E-state index contributed by atoms with van der Waals surface area (Å²) in [7, 11) is 1.49. The van der Waals surface area contributed by atoms with Crippen LogP contribution in [0.4, 0.5) is 0 Å². The Morgan fingerprint density at radius 2 is 2.02 bits per heavy atom. The molecule has 2 heterocycles. The number of aliphatic hydroxyl groups is 2. The fourth-order valence-electron chi connectivity index (χ4n) is 4.30. The van der Waals surface area contributed by atoms with Crippen LogP contribution in [0, 0.1) is 0 Å². The summed E-state index contributed by atoms with van der Waals surface area (Å²) in [4.78, 5) is 34.2. The Morgan fingerprint density at radius 3 is 2.67 bits per heavy atom. The zero-order chi connectivity index (χ0) is 31.3. The molecule has 11 nitrogen and oxygen atoms in total. The van der Waals surface area contributed by atoms with E-state index in [2.05, 4.69) is 79.2 Å². The lowest BCUT2D eigenvalue weighted by Gasteiger charge is -2.27. The molecule has 3 atom stereocenters. The van der Waals surface area contributed by atoms with Gasteiger partial charge in [0.05, 0.1) is 44.5 Å². The molecule has 0 radical (unpaired) electrons. The Morgan fingerprint density at radius 1 is 1.30 bits per heavy atom. The van der Waals surface area contributed by atoms with Gasteiger partial charge < -0.3 is 34.6 Å². The molecule has 1 aliphatic carbocycles. The molecule has 43 heavy (non-hydrogen) atoms. The topological polar surface area (TPSA) is 148 Å². The van der Waals surface area contributed by atoms with Crippen molar-refractivity contribution >= 4 is 98.9 Å². The van der Waals surface area contributed by atoms with Crippen LogP contribution in [0.5, 0.6) is 5.75 Å². The van der Waals surface area contributed by atoms with Crippen LogP contribution >= 0.6 is 75.3 Å². The van der Waals surface area contributed by atoms with Crippen molar-refractivity contribution < 1.29 is 38.9 Å². The Kier molecular flexibility index (Phi) is 11.8. The second-order valence-electron chi connectivity index (χ2n) is 9.51. The Balaban J connectivity index is 1.22. The Hall–Kier alpha value is -1.91. The molecule has 3 N–H and O–H groups in total. The first-order chi connectivity index (χ1) is 20.5. The number of carbonyl (C=O) groups is 2. The third-order valence-corrected chi connectivity index (χ3v) is 9.26. The zero-order valence-electron chi connectivity index (χ0n) is 22.5. The molecule has 0 saturated carbocycles. The number of ketones is 1. The molecule has 1 aromatic carbocycles. The number of aliphatic imine (C=N–C) groups is 1. The SMILES string of the molecule is COC1=C(Br)CC2(OC=C1Br)ON=C(C(=O)NCCCOc1c(Br)cc(CCN=CC3=C(O)C(Cl)CC3=O)cc1Br)C2O. The number of benzene rings is 1. The molecule has 1 amide bonds.